The molecule has 0 radical (unpaired) electrons. The number of aliphatic imine (C=N–C) groups is 1. The van der Waals surface area contributed by atoms with E-state index in [4.69, 9.17) is 4.74 Å². The molecule has 2 aliphatic heterocycles. The van der Waals surface area contributed by atoms with E-state index < -0.39 is 0 Å². The lowest BCUT2D eigenvalue weighted by Crippen LogP contribution is -2.49. The van der Waals surface area contributed by atoms with E-state index in [1.165, 1.54) is 25.7 Å². The van der Waals surface area contributed by atoms with Crippen LogP contribution in [-0.2, 0) is 4.74 Å². The van der Waals surface area contributed by atoms with Gasteiger partial charge < -0.3 is 15.0 Å². The normalized spacial score (nSPS) is 30.5. The molecule has 0 aromatic carbocycles. The Morgan fingerprint density at radius 3 is 2.58 bits per heavy atom. The van der Waals surface area contributed by atoms with Crippen LogP contribution >= 0.6 is 0 Å². The summed E-state index contributed by atoms with van der Waals surface area (Å²) in [6.07, 6.45) is 5.23. The molecule has 108 valence electrons. The minimum absolute atomic E-state index is 0.668. The zero-order valence-electron chi connectivity index (χ0n) is 12.0. The van der Waals surface area contributed by atoms with Crippen LogP contribution in [0.25, 0.3) is 0 Å². The Balaban J connectivity index is 1.51. The number of nitrogens with one attached hydrogen (secondary N) is 1. The van der Waals surface area contributed by atoms with E-state index in [1.54, 1.807) is 0 Å². The summed E-state index contributed by atoms with van der Waals surface area (Å²) in [7, 11) is 1.91. The Kier molecular flexibility index (Phi) is 4.23. The van der Waals surface area contributed by atoms with Gasteiger partial charge >= 0.3 is 0 Å². The molecule has 3 aliphatic rings. The molecule has 19 heavy (non-hydrogen) atoms. The largest absolute Gasteiger partial charge is 0.379 e. The molecule has 0 amide bonds. The van der Waals surface area contributed by atoms with Crippen molar-refractivity contribution < 1.29 is 4.74 Å². The fourth-order valence-electron chi connectivity index (χ4n) is 3.21. The lowest BCUT2D eigenvalue weighted by Gasteiger charge is -2.34. The number of nitrogens with zero attached hydrogens (tertiary/aromatic N) is 3. The van der Waals surface area contributed by atoms with Crippen molar-refractivity contribution in [3.63, 3.8) is 0 Å². The predicted octanol–water partition coefficient (Wildman–Crippen LogP) is 0.521. The number of hydrogen-bond acceptors (Lipinski definition) is 3. The van der Waals surface area contributed by atoms with Crippen molar-refractivity contribution in [2.24, 2.45) is 4.99 Å². The number of likely N-dealkylation sites (tertiary alicyclic amines) is 1. The lowest BCUT2D eigenvalue weighted by molar-refractivity contribution is 0.0194. The highest BCUT2D eigenvalue weighted by Gasteiger charge is 2.31. The minimum Gasteiger partial charge on any atom is -0.379 e. The van der Waals surface area contributed by atoms with Crippen LogP contribution in [0.2, 0.25) is 0 Å². The van der Waals surface area contributed by atoms with Crippen molar-refractivity contribution in [1.82, 2.24) is 15.1 Å². The summed E-state index contributed by atoms with van der Waals surface area (Å²) in [5, 5.41) is 3.60. The summed E-state index contributed by atoms with van der Waals surface area (Å²) >= 11 is 0. The molecule has 1 aliphatic carbocycles. The van der Waals surface area contributed by atoms with Gasteiger partial charge in [-0.1, -0.05) is 0 Å². The average molecular weight is 266 g/mol. The summed E-state index contributed by atoms with van der Waals surface area (Å²) in [6, 6.07) is 1.35. The predicted molar refractivity (Wildman–Crippen MR) is 76.5 cm³/mol. The first kappa shape index (κ1) is 13.2. The molecule has 5 heteroatoms. The second kappa shape index (κ2) is 6.09. The molecule has 1 N–H and O–H groups in total. The summed E-state index contributed by atoms with van der Waals surface area (Å²) in [5.74, 6) is 1.11. The van der Waals surface area contributed by atoms with Gasteiger partial charge in [-0.2, -0.15) is 0 Å². The molecule has 0 aromatic heterocycles. The summed E-state index contributed by atoms with van der Waals surface area (Å²) in [4.78, 5) is 9.47. The van der Waals surface area contributed by atoms with Crippen LogP contribution < -0.4 is 5.32 Å². The van der Waals surface area contributed by atoms with Gasteiger partial charge in [-0.3, -0.25) is 9.89 Å². The molecule has 2 heterocycles. The van der Waals surface area contributed by atoms with Crippen molar-refractivity contribution in [3.8, 4) is 0 Å². The second-order valence-electron chi connectivity index (χ2n) is 5.86. The van der Waals surface area contributed by atoms with Gasteiger partial charge in [-0.05, 0) is 25.7 Å². The van der Waals surface area contributed by atoms with Gasteiger partial charge in [0.15, 0.2) is 5.96 Å². The molecule has 0 aromatic rings. The topological polar surface area (TPSA) is 40.1 Å². The molecule has 5 nitrogen and oxygen atoms in total. The molecule has 0 bridgehead atoms. The molecule has 1 atom stereocenters. The Hall–Kier alpha value is -0.810. The molecule has 1 unspecified atom stereocenters. The first-order valence-corrected chi connectivity index (χ1v) is 7.67. The maximum Gasteiger partial charge on any atom is 0.193 e. The van der Waals surface area contributed by atoms with E-state index in [2.05, 4.69) is 20.1 Å². The highest BCUT2D eigenvalue weighted by molar-refractivity contribution is 5.80. The maximum absolute atomic E-state index is 5.44. The zero-order chi connectivity index (χ0) is 13.1. The SMILES string of the molecule is CN=C(NC1CCC1)N1CCC(N2CCOCC2)C1. The number of ether oxygens (including phenoxy) is 1. The zero-order valence-corrected chi connectivity index (χ0v) is 12.0. The van der Waals surface area contributed by atoms with Crippen molar-refractivity contribution in [1.29, 1.82) is 0 Å². The van der Waals surface area contributed by atoms with Gasteiger partial charge in [-0.15, -0.1) is 0 Å². The fourth-order valence-corrected chi connectivity index (χ4v) is 3.21. The van der Waals surface area contributed by atoms with Crippen molar-refractivity contribution >= 4 is 5.96 Å². The summed E-state index contributed by atoms with van der Waals surface area (Å²) in [5.41, 5.74) is 0. The van der Waals surface area contributed by atoms with Crippen LogP contribution in [0, 0.1) is 0 Å². The van der Waals surface area contributed by atoms with Crippen LogP contribution in [0.15, 0.2) is 4.99 Å². The third-order valence-corrected chi connectivity index (χ3v) is 4.68. The molecular formula is C14H26N4O. The van der Waals surface area contributed by atoms with Gasteiger partial charge in [0.2, 0.25) is 0 Å². The van der Waals surface area contributed by atoms with E-state index in [9.17, 15) is 0 Å². The van der Waals surface area contributed by atoms with Gasteiger partial charge in [0.05, 0.1) is 13.2 Å². The van der Waals surface area contributed by atoms with Crippen LogP contribution in [0.5, 0.6) is 0 Å². The quantitative estimate of drug-likeness (QED) is 0.584. The fraction of sp³-hybridized carbons (Fsp3) is 0.929. The second-order valence-corrected chi connectivity index (χ2v) is 5.86. The smallest absolute Gasteiger partial charge is 0.193 e. The van der Waals surface area contributed by atoms with E-state index in [-0.39, 0.29) is 0 Å². The van der Waals surface area contributed by atoms with Gasteiger partial charge in [0.1, 0.15) is 0 Å². The molecular weight excluding hydrogens is 240 g/mol. The van der Waals surface area contributed by atoms with Crippen molar-refractivity contribution in [2.45, 2.75) is 37.8 Å². The third kappa shape index (κ3) is 3.03. The van der Waals surface area contributed by atoms with E-state index in [0.29, 0.717) is 12.1 Å². The molecule has 1 saturated carbocycles. The Bertz CT molecular complexity index is 323. The molecule has 2 saturated heterocycles. The number of guanidine groups is 1. The van der Waals surface area contributed by atoms with Crippen LogP contribution in [-0.4, -0.2) is 74.3 Å². The van der Waals surface area contributed by atoms with Crippen LogP contribution in [0.3, 0.4) is 0 Å². The van der Waals surface area contributed by atoms with Crippen LogP contribution in [0.4, 0.5) is 0 Å². The van der Waals surface area contributed by atoms with E-state index >= 15 is 0 Å². The third-order valence-electron chi connectivity index (χ3n) is 4.68. The monoisotopic (exact) mass is 266 g/mol. The van der Waals surface area contributed by atoms with Crippen LogP contribution in [0.1, 0.15) is 25.7 Å². The highest BCUT2D eigenvalue weighted by Crippen LogP contribution is 2.20. The van der Waals surface area contributed by atoms with Crippen molar-refractivity contribution in [2.75, 3.05) is 46.4 Å². The maximum atomic E-state index is 5.44. The molecule has 0 spiro atoms. The Morgan fingerprint density at radius 2 is 1.95 bits per heavy atom. The first-order chi connectivity index (χ1) is 9.36. The highest BCUT2D eigenvalue weighted by atomic mass is 16.5. The number of rotatable bonds is 2. The van der Waals surface area contributed by atoms with E-state index in [1.807, 2.05) is 7.05 Å². The molecule has 3 fully saturated rings. The van der Waals surface area contributed by atoms with E-state index in [0.717, 1.165) is 45.4 Å². The number of hydrogen-bond donors (Lipinski definition) is 1. The summed E-state index contributed by atoms with van der Waals surface area (Å²) in [6.45, 7) is 6.22. The first-order valence-electron chi connectivity index (χ1n) is 7.67. The molecule has 3 rings (SSSR count). The van der Waals surface area contributed by atoms with Gasteiger partial charge in [0, 0.05) is 45.3 Å². The standard InChI is InChI=1S/C14H26N4O/c1-15-14(16-12-3-2-4-12)18-6-5-13(11-18)17-7-9-19-10-8-17/h12-13H,2-11H2,1H3,(H,15,16). The van der Waals surface area contributed by atoms with Gasteiger partial charge in [0.25, 0.3) is 0 Å². The Morgan fingerprint density at radius 1 is 1.16 bits per heavy atom. The Labute approximate surface area is 116 Å². The average Bonchev–Trinajstić information content (AvgIpc) is 2.88. The number of morpholine rings is 1. The summed E-state index contributed by atoms with van der Waals surface area (Å²) < 4.78 is 5.44. The van der Waals surface area contributed by atoms with Crippen molar-refractivity contribution in [3.05, 3.63) is 0 Å². The van der Waals surface area contributed by atoms with Gasteiger partial charge in [-0.25, -0.2) is 0 Å². The minimum atomic E-state index is 0.668. The lowest BCUT2D eigenvalue weighted by atomic mass is 9.93.